The Kier molecular flexibility index (Phi) is 8.31. The summed E-state index contributed by atoms with van der Waals surface area (Å²) in [5.74, 6) is 0.913. The maximum atomic E-state index is 7.23. The molecule has 0 spiro atoms. The molecular formula is C54H53BN2OS. The van der Waals surface area contributed by atoms with Gasteiger partial charge in [0.1, 0.15) is 5.58 Å². The zero-order chi connectivity index (χ0) is 41.3. The van der Waals surface area contributed by atoms with Gasteiger partial charge in [0.15, 0.2) is 0 Å². The van der Waals surface area contributed by atoms with E-state index in [9.17, 15) is 0 Å². The Morgan fingerprint density at radius 2 is 1.15 bits per heavy atom. The van der Waals surface area contributed by atoms with Crippen LogP contribution in [0.15, 0.2) is 125 Å². The minimum atomic E-state index is -0.0385. The van der Waals surface area contributed by atoms with Gasteiger partial charge in [0, 0.05) is 49.2 Å². The average molecular weight is 789 g/mol. The van der Waals surface area contributed by atoms with Crippen molar-refractivity contribution in [2.45, 2.75) is 92.4 Å². The van der Waals surface area contributed by atoms with Crippen LogP contribution in [0.4, 0.5) is 34.3 Å². The number of furan rings is 1. The van der Waals surface area contributed by atoms with E-state index in [0.29, 0.717) is 0 Å². The Hall–Kier alpha value is -5.52. The Balaban J connectivity index is 1.28. The van der Waals surface area contributed by atoms with E-state index in [1.165, 1.54) is 93.6 Å². The number of benzene rings is 6. The molecule has 0 fully saturated rings. The smallest absolute Gasteiger partial charge is 0.257 e. The van der Waals surface area contributed by atoms with E-state index in [1.807, 2.05) is 11.3 Å². The molecule has 10 rings (SSSR count). The quantitative estimate of drug-likeness (QED) is 0.166. The van der Waals surface area contributed by atoms with Crippen molar-refractivity contribution in [3.63, 3.8) is 0 Å². The molecule has 0 saturated carbocycles. The number of aryl methyl sites for hydroxylation is 2. The average Bonchev–Trinajstić information content (AvgIpc) is 3.79. The molecule has 0 N–H and O–H groups in total. The van der Waals surface area contributed by atoms with Crippen LogP contribution in [0, 0.1) is 13.8 Å². The molecule has 0 radical (unpaired) electrons. The molecule has 0 unspecified atom stereocenters. The first-order valence-corrected chi connectivity index (χ1v) is 22.0. The summed E-state index contributed by atoms with van der Waals surface area (Å²) in [6, 6.07) is 43.8. The van der Waals surface area contributed by atoms with Crippen molar-refractivity contribution in [3.8, 4) is 11.1 Å². The minimum Gasteiger partial charge on any atom is -0.440 e. The lowest BCUT2D eigenvalue weighted by Crippen LogP contribution is -2.61. The largest absolute Gasteiger partial charge is 0.440 e. The van der Waals surface area contributed by atoms with Crippen LogP contribution >= 0.6 is 11.3 Å². The van der Waals surface area contributed by atoms with E-state index in [2.05, 4.69) is 207 Å². The van der Waals surface area contributed by atoms with Gasteiger partial charge in [0.2, 0.25) is 5.88 Å². The summed E-state index contributed by atoms with van der Waals surface area (Å²) >= 11 is 1.82. The summed E-state index contributed by atoms with van der Waals surface area (Å²) in [6.07, 6.45) is 0. The van der Waals surface area contributed by atoms with Gasteiger partial charge < -0.3 is 9.32 Å². The van der Waals surface area contributed by atoms with E-state index in [0.717, 1.165) is 17.2 Å². The molecular weight excluding hydrogens is 735 g/mol. The van der Waals surface area contributed by atoms with Gasteiger partial charge in [-0.05, 0) is 140 Å². The first-order valence-electron chi connectivity index (χ1n) is 21.1. The fourth-order valence-electron chi connectivity index (χ4n) is 9.67. The summed E-state index contributed by atoms with van der Waals surface area (Å²) in [5.41, 5.74) is 19.7. The second kappa shape index (κ2) is 13.0. The molecule has 294 valence electrons. The fourth-order valence-corrected chi connectivity index (χ4v) is 10.6. The van der Waals surface area contributed by atoms with Gasteiger partial charge in [-0.25, -0.2) is 0 Å². The number of nitrogens with zero attached hydrogens (tertiary/aromatic N) is 2. The molecule has 3 nitrogen and oxygen atoms in total. The fraction of sp³-hybridized carbons (Fsp3) is 0.259. The van der Waals surface area contributed by atoms with E-state index in [4.69, 9.17) is 4.42 Å². The normalized spacial score (nSPS) is 13.9. The number of hydrogen-bond acceptors (Lipinski definition) is 4. The number of rotatable bonds is 3. The molecule has 8 aromatic rings. The number of anilines is 6. The molecule has 0 atom stereocenters. The molecule has 5 heteroatoms. The molecule has 6 aromatic carbocycles. The Morgan fingerprint density at radius 3 is 1.83 bits per heavy atom. The molecule has 0 aliphatic carbocycles. The molecule has 0 saturated heterocycles. The zero-order valence-electron chi connectivity index (χ0n) is 36.3. The zero-order valence-corrected chi connectivity index (χ0v) is 37.2. The summed E-state index contributed by atoms with van der Waals surface area (Å²) < 4.78 is 8.55. The maximum Gasteiger partial charge on any atom is 0.257 e. The molecule has 4 heterocycles. The highest BCUT2D eigenvalue weighted by Crippen LogP contribution is 2.49. The van der Waals surface area contributed by atoms with Crippen LogP contribution in [0.25, 0.3) is 32.2 Å². The Bertz CT molecular complexity index is 2960. The summed E-state index contributed by atoms with van der Waals surface area (Å²) in [6.45, 7) is 25.3. The van der Waals surface area contributed by atoms with Gasteiger partial charge in [-0.3, -0.25) is 4.90 Å². The first kappa shape index (κ1) is 37.7. The van der Waals surface area contributed by atoms with Crippen molar-refractivity contribution in [1.29, 1.82) is 0 Å². The van der Waals surface area contributed by atoms with Crippen LogP contribution in [0.5, 0.6) is 0 Å². The SMILES string of the molecule is Cc1cc(-c2csc3ccccc23)cc(C)c1N1c2cccc3c2B(c2cc(C(C)(C)C)ccc2N3c2ccc(C(C)(C)C)cc2)c2c1oc1ccc(C(C)(C)C)cc21. The lowest BCUT2D eigenvalue weighted by Gasteiger charge is -2.43. The van der Waals surface area contributed by atoms with E-state index in [-0.39, 0.29) is 23.0 Å². The molecule has 2 aliphatic rings. The van der Waals surface area contributed by atoms with Gasteiger partial charge in [-0.2, -0.15) is 0 Å². The van der Waals surface area contributed by atoms with Crippen LogP contribution in [0.1, 0.15) is 90.1 Å². The highest BCUT2D eigenvalue weighted by molar-refractivity contribution is 7.17. The predicted molar refractivity (Wildman–Crippen MR) is 257 cm³/mol. The summed E-state index contributed by atoms with van der Waals surface area (Å²) in [7, 11) is 0. The second-order valence-electron chi connectivity index (χ2n) is 20.0. The third-order valence-electron chi connectivity index (χ3n) is 12.8. The van der Waals surface area contributed by atoms with Crippen LogP contribution in [-0.2, 0) is 16.2 Å². The van der Waals surface area contributed by atoms with Crippen molar-refractivity contribution >= 4 is 89.8 Å². The van der Waals surface area contributed by atoms with Crippen molar-refractivity contribution < 1.29 is 4.42 Å². The van der Waals surface area contributed by atoms with Crippen LogP contribution in [0.2, 0.25) is 0 Å². The molecule has 59 heavy (non-hydrogen) atoms. The topological polar surface area (TPSA) is 19.6 Å². The number of thiophene rings is 1. The second-order valence-corrected chi connectivity index (χ2v) is 20.9. The monoisotopic (exact) mass is 788 g/mol. The van der Waals surface area contributed by atoms with Gasteiger partial charge in [0.25, 0.3) is 6.71 Å². The van der Waals surface area contributed by atoms with Gasteiger partial charge in [-0.1, -0.05) is 117 Å². The van der Waals surface area contributed by atoms with Crippen LogP contribution < -0.4 is 26.2 Å². The third kappa shape index (κ3) is 5.91. The van der Waals surface area contributed by atoms with Crippen molar-refractivity contribution in [2.24, 2.45) is 0 Å². The van der Waals surface area contributed by atoms with Crippen molar-refractivity contribution in [1.82, 2.24) is 0 Å². The van der Waals surface area contributed by atoms with E-state index < -0.39 is 0 Å². The van der Waals surface area contributed by atoms with Gasteiger partial charge >= 0.3 is 0 Å². The molecule has 2 aromatic heterocycles. The molecule has 0 amide bonds. The molecule has 2 aliphatic heterocycles. The summed E-state index contributed by atoms with van der Waals surface area (Å²) in [5, 5.41) is 4.81. The first-order chi connectivity index (χ1) is 28.0. The van der Waals surface area contributed by atoms with Gasteiger partial charge in [-0.15, -0.1) is 11.3 Å². The summed E-state index contributed by atoms with van der Waals surface area (Å²) in [4.78, 5) is 4.97. The van der Waals surface area contributed by atoms with Crippen LogP contribution in [-0.4, -0.2) is 6.71 Å². The standard InChI is InChI=1S/C54H53BN2OS/c1-32-27-34(41-31-59-47-18-13-12-15-39(41)47)28-33(2)50(32)57-45-17-14-16-44-49(45)55(48-40-29-36(53(6,7)8)22-26-46(40)58-51(48)57)42-30-37(54(9,10)11)21-25-43(42)56(44)38-23-19-35(20-24-38)52(3,4)5/h12-31H,1-11H3. The van der Waals surface area contributed by atoms with Gasteiger partial charge in [0.05, 0.1) is 5.69 Å². The maximum absolute atomic E-state index is 7.23. The minimum absolute atomic E-state index is 0.0233. The van der Waals surface area contributed by atoms with E-state index >= 15 is 0 Å². The van der Waals surface area contributed by atoms with Crippen molar-refractivity contribution in [2.75, 3.05) is 9.80 Å². The highest BCUT2D eigenvalue weighted by Gasteiger charge is 2.47. The predicted octanol–water partition coefficient (Wildman–Crippen LogP) is 13.9. The Labute approximate surface area is 354 Å². The van der Waals surface area contributed by atoms with Crippen LogP contribution in [0.3, 0.4) is 0 Å². The lowest BCUT2D eigenvalue weighted by molar-refractivity contribution is 0.589. The third-order valence-corrected chi connectivity index (χ3v) is 13.8. The Morgan fingerprint density at radius 1 is 0.542 bits per heavy atom. The van der Waals surface area contributed by atoms with Crippen molar-refractivity contribution in [3.05, 3.63) is 148 Å². The highest BCUT2D eigenvalue weighted by atomic mass is 32.1. The lowest BCUT2D eigenvalue weighted by atomic mass is 9.33. The van der Waals surface area contributed by atoms with E-state index in [1.54, 1.807) is 0 Å². The number of fused-ring (bicyclic) bond motifs is 7. The molecule has 0 bridgehead atoms. The number of hydrogen-bond donors (Lipinski definition) is 0.